The SMILES string of the molecule is C#CC(CC)NC(=O)c1cc(N)c2ccccc2n1. The highest BCUT2D eigenvalue weighted by atomic mass is 16.1. The number of fused-ring (bicyclic) bond motifs is 1. The minimum atomic E-state index is -0.303. The monoisotopic (exact) mass is 253 g/mol. The third-order valence-electron chi connectivity index (χ3n) is 2.90. The van der Waals surface area contributed by atoms with Gasteiger partial charge in [0.2, 0.25) is 0 Å². The van der Waals surface area contributed by atoms with E-state index in [0.29, 0.717) is 17.6 Å². The molecule has 0 saturated heterocycles. The van der Waals surface area contributed by atoms with Gasteiger partial charge >= 0.3 is 0 Å². The first-order valence-corrected chi connectivity index (χ1v) is 6.08. The Morgan fingerprint density at radius 2 is 2.26 bits per heavy atom. The van der Waals surface area contributed by atoms with Crippen LogP contribution in [0.25, 0.3) is 10.9 Å². The number of carbonyl (C=O) groups is 1. The van der Waals surface area contributed by atoms with E-state index in [1.54, 1.807) is 6.07 Å². The summed E-state index contributed by atoms with van der Waals surface area (Å²) in [5, 5.41) is 3.57. The van der Waals surface area contributed by atoms with Crippen molar-refractivity contribution in [1.82, 2.24) is 10.3 Å². The smallest absolute Gasteiger partial charge is 0.270 e. The minimum absolute atomic E-state index is 0.282. The van der Waals surface area contributed by atoms with Crippen LogP contribution in [-0.2, 0) is 0 Å². The van der Waals surface area contributed by atoms with Crippen LogP contribution in [0.2, 0.25) is 0 Å². The van der Waals surface area contributed by atoms with Crippen LogP contribution in [0.3, 0.4) is 0 Å². The zero-order chi connectivity index (χ0) is 13.8. The van der Waals surface area contributed by atoms with Crippen molar-refractivity contribution in [3.8, 4) is 12.3 Å². The predicted octanol–water partition coefficient (Wildman–Crippen LogP) is 1.96. The first-order valence-electron chi connectivity index (χ1n) is 6.08. The Labute approximate surface area is 112 Å². The van der Waals surface area contributed by atoms with E-state index in [2.05, 4.69) is 16.2 Å². The van der Waals surface area contributed by atoms with E-state index in [1.165, 1.54) is 0 Å². The van der Waals surface area contributed by atoms with E-state index < -0.39 is 0 Å². The molecule has 0 saturated carbocycles. The lowest BCUT2D eigenvalue weighted by Crippen LogP contribution is -2.33. The Morgan fingerprint density at radius 1 is 1.53 bits per heavy atom. The number of para-hydroxylation sites is 1. The predicted molar refractivity (Wildman–Crippen MR) is 76.5 cm³/mol. The number of terminal acetylenes is 1. The summed E-state index contributed by atoms with van der Waals surface area (Å²) in [6.07, 6.45) is 5.99. The fourth-order valence-corrected chi connectivity index (χ4v) is 1.81. The number of aromatic nitrogens is 1. The molecule has 0 fully saturated rings. The minimum Gasteiger partial charge on any atom is -0.398 e. The highest BCUT2D eigenvalue weighted by Gasteiger charge is 2.13. The van der Waals surface area contributed by atoms with Crippen LogP contribution < -0.4 is 11.1 Å². The number of benzene rings is 1. The molecule has 1 heterocycles. The Morgan fingerprint density at radius 3 is 2.95 bits per heavy atom. The summed E-state index contributed by atoms with van der Waals surface area (Å²) in [5.41, 5.74) is 7.44. The first kappa shape index (κ1) is 12.9. The molecule has 1 aromatic carbocycles. The standard InChI is InChI=1S/C15H15N3O/c1-3-10(4-2)17-15(19)14-9-12(16)11-7-5-6-8-13(11)18-14/h1,5-10H,4H2,2H3,(H2,16,18)(H,17,19). The number of hydrogen-bond acceptors (Lipinski definition) is 3. The fraction of sp³-hybridized carbons (Fsp3) is 0.200. The van der Waals surface area contributed by atoms with Gasteiger partial charge < -0.3 is 11.1 Å². The van der Waals surface area contributed by atoms with E-state index >= 15 is 0 Å². The second-order valence-electron chi connectivity index (χ2n) is 4.21. The van der Waals surface area contributed by atoms with Crippen molar-refractivity contribution in [2.75, 3.05) is 5.73 Å². The molecule has 1 amide bonds. The number of hydrogen-bond donors (Lipinski definition) is 2. The third-order valence-corrected chi connectivity index (χ3v) is 2.90. The Bertz CT molecular complexity index is 658. The maximum absolute atomic E-state index is 12.0. The molecule has 4 nitrogen and oxygen atoms in total. The number of amides is 1. The van der Waals surface area contributed by atoms with E-state index in [-0.39, 0.29) is 17.6 Å². The van der Waals surface area contributed by atoms with Gasteiger partial charge in [-0.15, -0.1) is 6.42 Å². The number of carbonyl (C=O) groups excluding carboxylic acids is 1. The molecule has 2 aromatic rings. The van der Waals surface area contributed by atoms with Crippen LogP contribution in [0, 0.1) is 12.3 Å². The quantitative estimate of drug-likeness (QED) is 0.822. The lowest BCUT2D eigenvalue weighted by Gasteiger charge is -2.11. The summed E-state index contributed by atoms with van der Waals surface area (Å²) in [5.74, 6) is 2.21. The number of nitrogens with two attached hydrogens (primary N) is 1. The van der Waals surface area contributed by atoms with Crippen LogP contribution in [0.1, 0.15) is 23.8 Å². The van der Waals surface area contributed by atoms with Crippen molar-refractivity contribution >= 4 is 22.5 Å². The van der Waals surface area contributed by atoms with Crippen LogP contribution >= 0.6 is 0 Å². The Hall–Kier alpha value is -2.54. The normalized spacial score (nSPS) is 11.8. The molecular weight excluding hydrogens is 238 g/mol. The maximum atomic E-state index is 12.0. The fourth-order valence-electron chi connectivity index (χ4n) is 1.81. The zero-order valence-corrected chi connectivity index (χ0v) is 10.7. The largest absolute Gasteiger partial charge is 0.398 e. The lowest BCUT2D eigenvalue weighted by atomic mass is 10.1. The number of pyridine rings is 1. The van der Waals surface area contributed by atoms with Gasteiger partial charge in [0.25, 0.3) is 5.91 Å². The van der Waals surface area contributed by atoms with Crippen LogP contribution in [0.15, 0.2) is 30.3 Å². The zero-order valence-electron chi connectivity index (χ0n) is 10.7. The third kappa shape index (κ3) is 2.66. The molecule has 19 heavy (non-hydrogen) atoms. The van der Waals surface area contributed by atoms with E-state index in [9.17, 15) is 4.79 Å². The van der Waals surface area contributed by atoms with Crippen molar-refractivity contribution in [2.45, 2.75) is 19.4 Å². The highest BCUT2D eigenvalue weighted by molar-refractivity contribution is 5.99. The molecule has 2 rings (SSSR count). The summed E-state index contributed by atoms with van der Waals surface area (Å²) in [4.78, 5) is 16.3. The second kappa shape index (κ2) is 5.40. The van der Waals surface area contributed by atoms with Crippen molar-refractivity contribution in [3.63, 3.8) is 0 Å². The molecule has 1 atom stereocenters. The van der Waals surface area contributed by atoms with Gasteiger partial charge in [0.05, 0.1) is 11.6 Å². The second-order valence-corrected chi connectivity index (χ2v) is 4.21. The summed E-state index contributed by atoms with van der Waals surface area (Å²) < 4.78 is 0. The van der Waals surface area contributed by atoms with Gasteiger partial charge in [0.1, 0.15) is 5.69 Å². The molecule has 0 spiro atoms. The van der Waals surface area contributed by atoms with Crippen molar-refractivity contribution < 1.29 is 4.79 Å². The average molecular weight is 253 g/mol. The Kier molecular flexibility index (Phi) is 3.67. The van der Waals surface area contributed by atoms with Gasteiger partial charge in [-0.3, -0.25) is 4.79 Å². The number of anilines is 1. The highest BCUT2D eigenvalue weighted by Crippen LogP contribution is 2.20. The molecule has 0 bridgehead atoms. The van der Waals surface area contributed by atoms with E-state index in [0.717, 1.165) is 5.39 Å². The summed E-state index contributed by atoms with van der Waals surface area (Å²) in [6.45, 7) is 1.91. The van der Waals surface area contributed by atoms with Gasteiger partial charge in [-0.25, -0.2) is 4.98 Å². The summed E-state index contributed by atoms with van der Waals surface area (Å²) in [7, 11) is 0. The number of nitrogen functional groups attached to an aromatic ring is 1. The molecule has 96 valence electrons. The molecule has 1 unspecified atom stereocenters. The van der Waals surface area contributed by atoms with Crippen LogP contribution in [-0.4, -0.2) is 16.9 Å². The van der Waals surface area contributed by atoms with Crippen LogP contribution in [0.4, 0.5) is 5.69 Å². The van der Waals surface area contributed by atoms with E-state index in [4.69, 9.17) is 12.2 Å². The summed E-state index contributed by atoms with van der Waals surface area (Å²) in [6, 6.07) is 8.71. The topological polar surface area (TPSA) is 68.0 Å². The first-order chi connectivity index (χ1) is 9.15. The van der Waals surface area contributed by atoms with Crippen LogP contribution in [0.5, 0.6) is 0 Å². The lowest BCUT2D eigenvalue weighted by molar-refractivity contribution is 0.0940. The molecule has 0 aliphatic heterocycles. The molecule has 0 radical (unpaired) electrons. The van der Waals surface area contributed by atoms with Gasteiger partial charge in [-0.1, -0.05) is 31.0 Å². The molecule has 4 heteroatoms. The van der Waals surface area contributed by atoms with Gasteiger partial charge in [-0.2, -0.15) is 0 Å². The van der Waals surface area contributed by atoms with Gasteiger partial charge in [0.15, 0.2) is 0 Å². The molecule has 0 aliphatic rings. The Balaban J connectivity index is 2.36. The van der Waals surface area contributed by atoms with Gasteiger partial charge in [-0.05, 0) is 18.6 Å². The molecule has 0 aliphatic carbocycles. The molecule has 3 N–H and O–H groups in total. The number of nitrogens with one attached hydrogen (secondary N) is 1. The number of nitrogens with zero attached hydrogens (tertiary/aromatic N) is 1. The van der Waals surface area contributed by atoms with Crippen molar-refractivity contribution in [3.05, 3.63) is 36.0 Å². The van der Waals surface area contributed by atoms with E-state index in [1.807, 2.05) is 31.2 Å². The maximum Gasteiger partial charge on any atom is 0.270 e. The molecule has 1 aromatic heterocycles. The van der Waals surface area contributed by atoms with Crippen molar-refractivity contribution in [1.29, 1.82) is 0 Å². The molecular formula is C15H15N3O. The average Bonchev–Trinajstić information content (AvgIpc) is 2.44. The summed E-state index contributed by atoms with van der Waals surface area (Å²) >= 11 is 0. The number of rotatable bonds is 3. The van der Waals surface area contributed by atoms with Crippen molar-refractivity contribution in [2.24, 2.45) is 0 Å². The van der Waals surface area contributed by atoms with Gasteiger partial charge in [0, 0.05) is 11.1 Å².